The first kappa shape index (κ1) is 20.0. The van der Waals surface area contributed by atoms with E-state index in [-0.39, 0.29) is 0 Å². The maximum Gasteiger partial charge on any atom is 0.0594 e. The van der Waals surface area contributed by atoms with Gasteiger partial charge in [0.1, 0.15) is 0 Å². The van der Waals surface area contributed by atoms with E-state index in [1.54, 1.807) is 0 Å². The molecule has 0 unspecified atom stereocenters. The summed E-state index contributed by atoms with van der Waals surface area (Å²) in [4.78, 5) is 9.22. The first-order valence-electron chi connectivity index (χ1n) is 10.1. The molecule has 1 aliphatic rings. The van der Waals surface area contributed by atoms with Gasteiger partial charge < -0.3 is 5.11 Å². The minimum Gasteiger partial charge on any atom is -0.390 e. The molecule has 0 radical (unpaired) electrons. The largest absolute Gasteiger partial charge is 0.390 e. The number of aromatic nitrogens is 1. The Morgan fingerprint density at radius 2 is 1.33 bits per heavy atom. The van der Waals surface area contributed by atoms with Crippen molar-refractivity contribution in [3.63, 3.8) is 0 Å². The summed E-state index contributed by atoms with van der Waals surface area (Å²) >= 11 is 0. The van der Waals surface area contributed by atoms with Crippen molar-refractivity contribution in [2.75, 3.05) is 26.2 Å². The topological polar surface area (TPSA) is 39.6 Å². The van der Waals surface area contributed by atoms with E-state index in [1.165, 1.54) is 23.1 Å². The van der Waals surface area contributed by atoms with Gasteiger partial charge in [-0.25, -0.2) is 0 Å². The van der Waals surface area contributed by atoms with Gasteiger partial charge in [-0.1, -0.05) is 24.3 Å². The summed E-state index contributed by atoms with van der Waals surface area (Å²) in [6.45, 7) is 10.3. The van der Waals surface area contributed by atoms with Gasteiger partial charge in [0, 0.05) is 38.6 Å². The number of benzene rings is 1. The summed E-state index contributed by atoms with van der Waals surface area (Å²) in [6, 6.07) is 13.2. The fourth-order valence-corrected chi connectivity index (χ4v) is 3.61. The fraction of sp³-hybridized carbons (Fsp3) is 0.522. The van der Waals surface area contributed by atoms with Gasteiger partial charge in [0.15, 0.2) is 0 Å². The third-order valence-electron chi connectivity index (χ3n) is 5.29. The summed E-state index contributed by atoms with van der Waals surface area (Å²) in [5.74, 6) is 0. The number of rotatable bonds is 7. The molecular formula is C23H33N3O. The van der Waals surface area contributed by atoms with E-state index in [1.807, 2.05) is 26.2 Å². The van der Waals surface area contributed by atoms with Crippen molar-refractivity contribution in [3.05, 3.63) is 65.5 Å². The Hall–Kier alpha value is -1.75. The quantitative estimate of drug-likeness (QED) is 0.813. The van der Waals surface area contributed by atoms with Crippen LogP contribution in [0, 0.1) is 0 Å². The van der Waals surface area contributed by atoms with Crippen molar-refractivity contribution < 1.29 is 5.11 Å². The van der Waals surface area contributed by atoms with Gasteiger partial charge in [0.05, 0.1) is 5.60 Å². The summed E-state index contributed by atoms with van der Waals surface area (Å²) in [5, 5.41) is 9.88. The van der Waals surface area contributed by atoms with Gasteiger partial charge in [-0.2, -0.15) is 0 Å². The zero-order valence-electron chi connectivity index (χ0n) is 16.8. The van der Waals surface area contributed by atoms with Crippen LogP contribution in [0.4, 0.5) is 0 Å². The third kappa shape index (κ3) is 7.06. The summed E-state index contributed by atoms with van der Waals surface area (Å²) in [5.41, 5.74) is 3.44. The van der Waals surface area contributed by atoms with E-state index in [0.29, 0.717) is 0 Å². The number of aliphatic hydroxyl groups is 1. The van der Waals surface area contributed by atoms with Crippen LogP contribution in [0.1, 0.15) is 43.4 Å². The lowest BCUT2D eigenvalue weighted by Crippen LogP contribution is -2.30. The highest BCUT2D eigenvalue weighted by atomic mass is 16.3. The van der Waals surface area contributed by atoms with Gasteiger partial charge in [-0.15, -0.1) is 0 Å². The van der Waals surface area contributed by atoms with E-state index < -0.39 is 5.60 Å². The molecule has 0 bridgehead atoms. The highest BCUT2D eigenvalue weighted by Gasteiger charge is 2.16. The van der Waals surface area contributed by atoms with E-state index in [2.05, 4.69) is 51.2 Å². The highest BCUT2D eigenvalue weighted by Crippen LogP contribution is 2.16. The van der Waals surface area contributed by atoms with Gasteiger partial charge >= 0.3 is 0 Å². The normalized spacial score (nSPS) is 17.0. The molecule has 1 N–H and O–H groups in total. The molecule has 1 aromatic carbocycles. The predicted octanol–water partition coefficient (Wildman–Crippen LogP) is 3.49. The molecule has 2 heterocycles. The Bertz CT molecular complexity index is 679. The van der Waals surface area contributed by atoms with Crippen molar-refractivity contribution in [2.45, 2.75) is 51.8 Å². The maximum atomic E-state index is 9.88. The Labute approximate surface area is 163 Å². The molecule has 0 atom stereocenters. The SMILES string of the molecule is CC(C)(O)CCc1ccc(CN2CCCN(Cc3ccncc3)CC2)cc1. The summed E-state index contributed by atoms with van der Waals surface area (Å²) in [6.07, 6.45) is 6.70. The van der Waals surface area contributed by atoms with E-state index in [9.17, 15) is 5.11 Å². The zero-order valence-corrected chi connectivity index (χ0v) is 16.8. The molecule has 0 saturated carbocycles. The van der Waals surface area contributed by atoms with Crippen molar-refractivity contribution in [3.8, 4) is 0 Å². The lowest BCUT2D eigenvalue weighted by molar-refractivity contribution is 0.0714. The molecule has 1 aromatic heterocycles. The summed E-state index contributed by atoms with van der Waals surface area (Å²) < 4.78 is 0. The Morgan fingerprint density at radius 3 is 1.89 bits per heavy atom. The number of hydrogen-bond acceptors (Lipinski definition) is 4. The van der Waals surface area contributed by atoms with Gasteiger partial charge in [-0.05, 0) is 75.0 Å². The minimum atomic E-state index is -0.590. The molecule has 1 aliphatic heterocycles. The van der Waals surface area contributed by atoms with Crippen LogP contribution < -0.4 is 0 Å². The van der Waals surface area contributed by atoms with Gasteiger partial charge in [-0.3, -0.25) is 14.8 Å². The average Bonchev–Trinajstić information content (AvgIpc) is 2.87. The molecule has 27 heavy (non-hydrogen) atoms. The molecule has 1 saturated heterocycles. The summed E-state index contributed by atoms with van der Waals surface area (Å²) in [7, 11) is 0. The average molecular weight is 368 g/mol. The van der Waals surface area contributed by atoms with Crippen LogP contribution in [0.15, 0.2) is 48.8 Å². The van der Waals surface area contributed by atoms with E-state index in [4.69, 9.17) is 0 Å². The molecule has 2 aromatic rings. The highest BCUT2D eigenvalue weighted by molar-refractivity contribution is 5.23. The van der Waals surface area contributed by atoms with Crippen molar-refractivity contribution in [2.24, 2.45) is 0 Å². The third-order valence-corrected chi connectivity index (χ3v) is 5.29. The van der Waals surface area contributed by atoms with Crippen LogP contribution in [0.3, 0.4) is 0 Å². The van der Waals surface area contributed by atoms with Crippen LogP contribution in [0.5, 0.6) is 0 Å². The number of pyridine rings is 1. The van der Waals surface area contributed by atoms with Crippen LogP contribution in [-0.2, 0) is 19.5 Å². The molecule has 3 rings (SSSR count). The maximum absolute atomic E-state index is 9.88. The van der Waals surface area contributed by atoms with Crippen LogP contribution in [-0.4, -0.2) is 51.7 Å². The molecule has 0 aliphatic carbocycles. The van der Waals surface area contributed by atoms with Crippen LogP contribution >= 0.6 is 0 Å². The molecule has 4 nitrogen and oxygen atoms in total. The lowest BCUT2D eigenvalue weighted by atomic mass is 9.98. The van der Waals surface area contributed by atoms with E-state index >= 15 is 0 Å². The molecular weight excluding hydrogens is 334 g/mol. The predicted molar refractivity (Wildman–Crippen MR) is 110 cm³/mol. The molecule has 0 spiro atoms. The smallest absolute Gasteiger partial charge is 0.0594 e. The number of nitrogens with zero attached hydrogens (tertiary/aromatic N) is 3. The number of aryl methyl sites for hydroxylation is 1. The van der Waals surface area contributed by atoms with E-state index in [0.717, 1.165) is 52.1 Å². The van der Waals surface area contributed by atoms with Crippen LogP contribution in [0.2, 0.25) is 0 Å². The Kier molecular flexibility index (Phi) is 7.00. The first-order valence-corrected chi connectivity index (χ1v) is 10.1. The number of hydrogen-bond donors (Lipinski definition) is 1. The van der Waals surface area contributed by atoms with Crippen molar-refractivity contribution in [1.82, 2.24) is 14.8 Å². The fourth-order valence-electron chi connectivity index (χ4n) is 3.61. The second kappa shape index (κ2) is 9.45. The van der Waals surface area contributed by atoms with Crippen molar-refractivity contribution in [1.29, 1.82) is 0 Å². The van der Waals surface area contributed by atoms with Gasteiger partial charge in [0.25, 0.3) is 0 Å². The first-order chi connectivity index (χ1) is 13.0. The standard InChI is InChI=1S/C23H33N3O/c1-23(2,27)11-8-20-4-6-21(7-5-20)18-25-14-3-15-26(17-16-25)19-22-9-12-24-13-10-22/h4-7,9-10,12-13,27H,3,8,11,14-19H2,1-2H3. The van der Waals surface area contributed by atoms with Crippen LogP contribution in [0.25, 0.3) is 0 Å². The molecule has 0 amide bonds. The Morgan fingerprint density at radius 1 is 0.815 bits per heavy atom. The second-order valence-corrected chi connectivity index (χ2v) is 8.39. The molecule has 4 heteroatoms. The Balaban J connectivity index is 1.47. The van der Waals surface area contributed by atoms with Crippen molar-refractivity contribution >= 4 is 0 Å². The lowest BCUT2D eigenvalue weighted by Gasteiger charge is -2.22. The van der Waals surface area contributed by atoms with Gasteiger partial charge in [0.2, 0.25) is 0 Å². The second-order valence-electron chi connectivity index (χ2n) is 8.39. The minimum absolute atomic E-state index is 0.590. The molecule has 1 fully saturated rings. The monoisotopic (exact) mass is 367 g/mol. The zero-order chi connectivity index (χ0) is 19.1. The molecule has 146 valence electrons.